The van der Waals surface area contributed by atoms with E-state index in [1.54, 1.807) is 6.92 Å². The molecule has 76 valence electrons. The molecule has 0 aromatic carbocycles. The molecule has 2 amide bonds. The van der Waals surface area contributed by atoms with Gasteiger partial charge in [0.15, 0.2) is 0 Å². The van der Waals surface area contributed by atoms with E-state index in [1.807, 2.05) is 0 Å². The molecule has 0 aromatic heterocycles. The molecule has 2 N–H and O–H groups in total. The first-order valence-corrected chi connectivity index (χ1v) is 4.70. The molecule has 1 aliphatic rings. The zero-order valence-electron chi connectivity index (χ0n) is 8.22. The van der Waals surface area contributed by atoms with Crippen molar-refractivity contribution in [1.29, 1.82) is 0 Å². The summed E-state index contributed by atoms with van der Waals surface area (Å²) >= 11 is 0. The lowest BCUT2D eigenvalue weighted by molar-refractivity contribution is -0.125. The normalized spacial score (nSPS) is 19.5. The molecule has 0 aliphatic carbocycles. The first-order valence-electron chi connectivity index (χ1n) is 4.70. The molecule has 0 saturated carbocycles. The smallest absolute Gasteiger partial charge is 0.242 e. The Hall–Kier alpha value is -1.50. The van der Waals surface area contributed by atoms with Gasteiger partial charge < -0.3 is 10.6 Å². The Labute approximate surface area is 83.4 Å². The molecule has 1 saturated heterocycles. The van der Waals surface area contributed by atoms with Crippen molar-refractivity contribution in [2.24, 2.45) is 0 Å². The summed E-state index contributed by atoms with van der Waals surface area (Å²) in [5.41, 5.74) is 0. The van der Waals surface area contributed by atoms with Crippen molar-refractivity contribution in [3.05, 3.63) is 0 Å². The van der Waals surface area contributed by atoms with Crippen molar-refractivity contribution < 1.29 is 9.59 Å². The molecule has 1 aliphatic heterocycles. The molecule has 4 nitrogen and oxygen atoms in total. The minimum absolute atomic E-state index is 0.0431. The van der Waals surface area contributed by atoms with E-state index in [0.717, 1.165) is 0 Å². The molecule has 1 fully saturated rings. The Balaban J connectivity index is 2.20. The summed E-state index contributed by atoms with van der Waals surface area (Å²) in [6, 6.07) is -0.336. The molecule has 14 heavy (non-hydrogen) atoms. The van der Waals surface area contributed by atoms with Crippen LogP contribution in [0, 0.1) is 11.8 Å². The summed E-state index contributed by atoms with van der Waals surface area (Å²) in [7, 11) is 0. The van der Waals surface area contributed by atoms with Crippen LogP contribution < -0.4 is 10.6 Å². The van der Waals surface area contributed by atoms with Crippen LogP contribution in [0.4, 0.5) is 0 Å². The van der Waals surface area contributed by atoms with Gasteiger partial charge in [0.1, 0.15) is 6.04 Å². The van der Waals surface area contributed by atoms with Crippen LogP contribution in [-0.4, -0.2) is 24.4 Å². The van der Waals surface area contributed by atoms with Gasteiger partial charge in [0.2, 0.25) is 11.8 Å². The fourth-order valence-electron chi connectivity index (χ4n) is 1.31. The van der Waals surface area contributed by atoms with E-state index in [0.29, 0.717) is 25.8 Å². The molecule has 0 bridgehead atoms. The maximum atomic E-state index is 11.4. The van der Waals surface area contributed by atoms with Gasteiger partial charge in [-0.1, -0.05) is 0 Å². The van der Waals surface area contributed by atoms with E-state index >= 15 is 0 Å². The molecule has 4 heteroatoms. The van der Waals surface area contributed by atoms with Crippen LogP contribution >= 0.6 is 0 Å². The highest BCUT2D eigenvalue weighted by Crippen LogP contribution is 2.05. The highest BCUT2D eigenvalue weighted by molar-refractivity contribution is 5.90. The summed E-state index contributed by atoms with van der Waals surface area (Å²) < 4.78 is 0. The van der Waals surface area contributed by atoms with Gasteiger partial charge in [-0.05, 0) is 13.3 Å². The van der Waals surface area contributed by atoms with Gasteiger partial charge in [-0.15, -0.1) is 11.8 Å². The van der Waals surface area contributed by atoms with Crippen LogP contribution in [0.15, 0.2) is 0 Å². The zero-order valence-corrected chi connectivity index (χ0v) is 8.22. The highest BCUT2D eigenvalue weighted by atomic mass is 16.2. The Kier molecular flexibility index (Phi) is 3.99. The first-order chi connectivity index (χ1) is 6.74. The second kappa shape index (κ2) is 5.28. The van der Waals surface area contributed by atoms with Gasteiger partial charge in [-0.2, -0.15) is 0 Å². The fourth-order valence-corrected chi connectivity index (χ4v) is 1.31. The number of nitrogens with one attached hydrogen (secondary N) is 2. The maximum absolute atomic E-state index is 11.4. The maximum Gasteiger partial charge on any atom is 0.242 e. The minimum Gasteiger partial charge on any atom is -0.353 e. The van der Waals surface area contributed by atoms with Crippen LogP contribution in [0.2, 0.25) is 0 Å². The third kappa shape index (κ3) is 3.09. The molecular formula is C10H14N2O2. The summed E-state index contributed by atoms with van der Waals surface area (Å²) in [4.78, 5) is 22.2. The molecule has 1 rings (SSSR count). The van der Waals surface area contributed by atoms with Crippen molar-refractivity contribution in [2.45, 2.75) is 32.2 Å². The minimum atomic E-state index is -0.336. The Bertz CT molecular complexity index is 288. The number of rotatable bonds is 3. The quantitative estimate of drug-likeness (QED) is 0.482. The summed E-state index contributed by atoms with van der Waals surface area (Å²) in [5.74, 6) is 5.45. The van der Waals surface area contributed by atoms with Crippen LogP contribution in [0.25, 0.3) is 0 Å². The molecule has 0 aromatic rings. The summed E-state index contributed by atoms with van der Waals surface area (Å²) in [5, 5.41) is 5.33. The van der Waals surface area contributed by atoms with E-state index in [2.05, 4.69) is 22.5 Å². The summed E-state index contributed by atoms with van der Waals surface area (Å²) in [6.45, 7) is 2.31. The number of hydrogen-bond acceptors (Lipinski definition) is 2. The van der Waals surface area contributed by atoms with Crippen LogP contribution in [0.5, 0.6) is 0 Å². The van der Waals surface area contributed by atoms with Crippen molar-refractivity contribution in [1.82, 2.24) is 10.6 Å². The van der Waals surface area contributed by atoms with Gasteiger partial charge >= 0.3 is 0 Å². The molecular weight excluding hydrogens is 180 g/mol. The van der Waals surface area contributed by atoms with E-state index in [-0.39, 0.29) is 17.9 Å². The van der Waals surface area contributed by atoms with Gasteiger partial charge in [0.25, 0.3) is 0 Å². The first kappa shape index (κ1) is 10.6. The molecule has 1 heterocycles. The van der Waals surface area contributed by atoms with Gasteiger partial charge in [0.05, 0.1) is 0 Å². The zero-order chi connectivity index (χ0) is 10.4. The van der Waals surface area contributed by atoms with Gasteiger partial charge in [-0.25, -0.2) is 0 Å². The fraction of sp³-hybridized carbons (Fsp3) is 0.600. The molecule has 1 atom stereocenters. The van der Waals surface area contributed by atoms with E-state index in [9.17, 15) is 9.59 Å². The van der Waals surface area contributed by atoms with Crippen LogP contribution in [0.1, 0.15) is 26.2 Å². The van der Waals surface area contributed by atoms with E-state index < -0.39 is 0 Å². The van der Waals surface area contributed by atoms with Gasteiger partial charge in [0, 0.05) is 19.4 Å². The monoisotopic (exact) mass is 194 g/mol. The topological polar surface area (TPSA) is 58.2 Å². The largest absolute Gasteiger partial charge is 0.353 e. The SMILES string of the molecule is CC#CCCNC(=O)[C@@H]1CCC(=O)N1. The lowest BCUT2D eigenvalue weighted by Crippen LogP contribution is -2.41. The third-order valence-electron chi connectivity index (χ3n) is 2.04. The highest BCUT2D eigenvalue weighted by Gasteiger charge is 2.26. The Morgan fingerprint density at radius 1 is 1.71 bits per heavy atom. The standard InChI is InChI=1S/C10H14N2O2/c1-2-3-4-7-11-10(14)8-5-6-9(13)12-8/h8H,4-7H2,1H3,(H,11,14)(H,12,13)/t8-/m0/s1. The van der Waals surface area contributed by atoms with E-state index in [1.165, 1.54) is 0 Å². The molecule has 0 spiro atoms. The number of carbonyl (C=O) groups excluding carboxylic acids is 2. The third-order valence-corrected chi connectivity index (χ3v) is 2.04. The van der Waals surface area contributed by atoms with Crippen LogP contribution in [0.3, 0.4) is 0 Å². The Morgan fingerprint density at radius 2 is 2.50 bits per heavy atom. The molecule has 0 radical (unpaired) electrons. The Morgan fingerprint density at radius 3 is 3.07 bits per heavy atom. The van der Waals surface area contributed by atoms with Crippen molar-refractivity contribution in [3.8, 4) is 11.8 Å². The van der Waals surface area contributed by atoms with Crippen molar-refractivity contribution in [3.63, 3.8) is 0 Å². The lowest BCUT2D eigenvalue weighted by atomic mass is 10.2. The van der Waals surface area contributed by atoms with Gasteiger partial charge in [-0.3, -0.25) is 9.59 Å². The number of carbonyl (C=O) groups is 2. The second-order valence-corrected chi connectivity index (χ2v) is 3.13. The second-order valence-electron chi connectivity index (χ2n) is 3.13. The average Bonchev–Trinajstić information content (AvgIpc) is 2.59. The average molecular weight is 194 g/mol. The predicted octanol–water partition coefficient (Wildman–Crippen LogP) is -0.205. The summed E-state index contributed by atoms with van der Waals surface area (Å²) in [6.07, 6.45) is 1.71. The van der Waals surface area contributed by atoms with Crippen molar-refractivity contribution >= 4 is 11.8 Å². The lowest BCUT2D eigenvalue weighted by Gasteiger charge is -2.09. The predicted molar refractivity (Wildman–Crippen MR) is 52.2 cm³/mol. The van der Waals surface area contributed by atoms with E-state index in [4.69, 9.17) is 0 Å². The van der Waals surface area contributed by atoms with Crippen LogP contribution in [-0.2, 0) is 9.59 Å². The van der Waals surface area contributed by atoms with Crippen molar-refractivity contribution in [2.75, 3.05) is 6.54 Å². The number of amides is 2. The number of hydrogen-bond donors (Lipinski definition) is 2. The molecule has 0 unspecified atom stereocenters.